The van der Waals surface area contributed by atoms with Gasteiger partial charge in [-0.3, -0.25) is 0 Å². The minimum atomic E-state index is 0.656. The van der Waals surface area contributed by atoms with Gasteiger partial charge in [-0.15, -0.1) is 0 Å². The van der Waals surface area contributed by atoms with Crippen molar-refractivity contribution >= 4 is 0 Å². The summed E-state index contributed by atoms with van der Waals surface area (Å²) in [7, 11) is 3.86. The predicted octanol–water partition coefficient (Wildman–Crippen LogP) is 4.43. The van der Waals surface area contributed by atoms with Crippen LogP contribution in [0.25, 0.3) is 11.4 Å². The van der Waals surface area contributed by atoms with Gasteiger partial charge < -0.3 is 14.2 Å². The molecule has 3 rings (SSSR count). The minimum Gasteiger partial charge on any atom is -0.496 e. The Bertz CT molecular complexity index is 851. The average molecular weight is 365 g/mol. The van der Waals surface area contributed by atoms with E-state index in [1.54, 1.807) is 7.11 Å². The van der Waals surface area contributed by atoms with Crippen LogP contribution in [-0.2, 0) is 13.0 Å². The predicted molar refractivity (Wildman–Crippen MR) is 107 cm³/mol. The van der Waals surface area contributed by atoms with Crippen LogP contribution in [0.2, 0.25) is 0 Å². The van der Waals surface area contributed by atoms with Crippen LogP contribution in [0.15, 0.2) is 47.0 Å². The molecular weight excluding hydrogens is 338 g/mol. The first-order chi connectivity index (χ1) is 13.1. The van der Waals surface area contributed by atoms with E-state index in [2.05, 4.69) is 48.1 Å². The largest absolute Gasteiger partial charge is 0.496 e. The molecule has 0 spiro atoms. The molecular formula is C22H27N3O2. The third-order valence-corrected chi connectivity index (χ3v) is 4.61. The number of rotatable bonds is 8. The Balaban J connectivity index is 1.50. The van der Waals surface area contributed by atoms with E-state index >= 15 is 0 Å². The van der Waals surface area contributed by atoms with Gasteiger partial charge in [0.1, 0.15) is 5.75 Å². The van der Waals surface area contributed by atoms with Gasteiger partial charge in [-0.1, -0.05) is 47.6 Å². The maximum Gasteiger partial charge on any atom is 0.227 e. The lowest BCUT2D eigenvalue weighted by molar-refractivity contribution is 0.309. The van der Waals surface area contributed by atoms with Gasteiger partial charge >= 0.3 is 0 Å². The van der Waals surface area contributed by atoms with Crippen molar-refractivity contribution in [3.63, 3.8) is 0 Å². The van der Waals surface area contributed by atoms with Crippen LogP contribution >= 0.6 is 0 Å². The standard InChI is InChI=1S/C22H27N3O2/c1-16-13-18(14-17(2)21(16)26-4)15-25(3)12-8-11-20-23-22(24-27-20)19-9-6-5-7-10-19/h5-7,9-10,13-14H,8,11-12,15H2,1-4H3. The van der Waals surface area contributed by atoms with Crippen LogP contribution in [0.4, 0.5) is 0 Å². The summed E-state index contributed by atoms with van der Waals surface area (Å²) in [6, 6.07) is 14.3. The van der Waals surface area contributed by atoms with E-state index in [9.17, 15) is 0 Å². The Hall–Kier alpha value is -2.66. The van der Waals surface area contributed by atoms with Crippen molar-refractivity contribution in [3.8, 4) is 17.1 Å². The smallest absolute Gasteiger partial charge is 0.227 e. The molecule has 0 saturated heterocycles. The van der Waals surface area contributed by atoms with Crippen LogP contribution in [0.3, 0.4) is 0 Å². The molecule has 0 amide bonds. The summed E-state index contributed by atoms with van der Waals surface area (Å²) in [5.41, 5.74) is 4.65. The quantitative estimate of drug-likeness (QED) is 0.591. The number of ether oxygens (including phenoxy) is 1. The first kappa shape index (κ1) is 19.1. The molecule has 0 saturated carbocycles. The summed E-state index contributed by atoms with van der Waals surface area (Å²) >= 11 is 0. The van der Waals surface area contributed by atoms with E-state index in [0.717, 1.165) is 37.2 Å². The second kappa shape index (κ2) is 8.82. The summed E-state index contributed by atoms with van der Waals surface area (Å²) in [5.74, 6) is 2.33. The van der Waals surface area contributed by atoms with E-state index in [4.69, 9.17) is 9.26 Å². The number of methoxy groups -OCH3 is 1. The fraction of sp³-hybridized carbons (Fsp3) is 0.364. The van der Waals surface area contributed by atoms with Gasteiger partial charge in [-0.2, -0.15) is 4.98 Å². The lowest BCUT2D eigenvalue weighted by Crippen LogP contribution is -2.19. The molecule has 1 aromatic heterocycles. The number of benzene rings is 2. The normalized spacial score (nSPS) is 11.1. The Morgan fingerprint density at radius 3 is 2.44 bits per heavy atom. The summed E-state index contributed by atoms with van der Waals surface area (Å²) in [5, 5.41) is 4.08. The van der Waals surface area contributed by atoms with Gasteiger partial charge in [-0.25, -0.2) is 0 Å². The van der Waals surface area contributed by atoms with Crippen LogP contribution in [-0.4, -0.2) is 35.7 Å². The molecule has 1 heterocycles. The molecule has 0 aliphatic rings. The highest BCUT2D eigenvalue weighted by Gasteiger charge is 2.10. The van der Waals surface area contributed by atoms with Crippen molar-refractivity contribution in [2.75, 3.05) is 20.7 Å². The third-order valence-electron chi connectivity index (χ3n) is 4.61. The molecule has 0 bridgehead atoms. The van der Waals surface area contributed by atoms with E-state index in [0.29, 0.717) is 11.7 Å². The van der Waals surface area contributed by atoms with Crippen LogP contribution in [0, 0.1) is 13.8 Å². The molecule has 142 valence electrons. The molecule has 3 aromatic rings. The van der Waals surface area contributed by atoms with Gasteiger partial charge in [-0.05, 0) is 50.6 Å². The van der Waals surface area contributed by atoms with E-state index in [-0.39, 0.29) is 0 Å². The molecule has 5 nitrogen and oxygen atoms in total. The van der Waals surface area contributed by atoms with Gasteiger partial charge in [0.15, 0.2) is 0 Å². The van der Waals surface area contributed by atoms with Gasteiger partial charge in [0.05, 0.1) is 7.11 Å². The minimum absolute atomic E-state index is 0.656. The van der Waals surface area contributed by atoms with E-state index in [1.165, 1.54) is 16.7 Å². The molecule has 0 radical (unpaired) electrons. The first-order valence-corrected chi connectivity index (χ1v) is 9.27. The Morgan fingerprint density at radius 2 is 1.78 bits per heavy atom. The van der Waals surface area contributed by atoms with E-state index in [1.807, 2.05) is 30.3 Å². The van der Waals surface area contributed by atoms with Crippen molar-refractivity contribution < 1.29 is 9.26 Å². The third kappa shape index (κ3) is 4.95. The van der Waals surface area contributed by atoms with Gasteiger partial charge in [0, 0.05) is 18.5 Å². The fourth-order valence-corrected chi connectivity index (χ4v) is 3.41. The maximum absolute atomic E-state index is 5.45. The molecule has 27 heavy (non-hydrogen) atoms. The Labute approximate surface area is 161 Å². The number of nitrogens with zero attached hydrogens (tertiary/aromatic N) is 3. The first-order valence-electron chi connectivity index (χ1n) is 9.27. The highest BCUT2D eigenvalue weighted by atomic mass is 16.5. The molecule has 0 fully saturated rings. The zero-order chi connectivity index (χ0) is 19.2. The maximum atomic E-state index is 5.45. The molecule has 2 aromatic carbocycles. The van der Waals surface area contributed by atoms with Crippen molar-refractivity contribution in [2.24, 2.45) is 0 Å². The number of aryl methyl sites for hydroxylation is 3. The van der Waals surface area contributed by atoms with Crippen LogP contribution in [0.5, 0.6) is 5.75 Å². The summed E-state index contributed by atoms with van der Waals surface area (Å²) in [6.45, 7) is 6.06. The average Bonchev–Trinajstić information content (AvgIpc) is 3.11. The lowest BCUT2D eigenvalue weighted by atomic mass is 10.1. The molecule has 0 N–H and O–H groups in total. The summed E-state index contributed by atoms with van der Waals surface area (Å²) in [6.07, 6.45) is 1.76. The van der Waals surface area contributed by atoms with Crippen molar-refractivity contribution in [2.45, 2.75) is 33.2 Å². The Morgan fingerprint density at radius 1 is 1.07 bits per heavy atom. The topological polar surface area (TPSA) is 51.4 Å². The number of hydrogen-bond acceptors (Lipinski definition) is 5. The lowest BCUT2D eigenvalue weighted by Gasteiger charge is -2.18. The fourth-order valence-electron chi connectivity index (χ4n) is 3.41. The molecule has 0 atom stereocenters. The van der Waals surface area contributed by atoms with Crippen molar-refractivity contribution in [1.29, 1.82) is 0 Å². The van der Waals surface area contributed by atoms with Crippen molar-refractivity contribution in [3.05, 3.63) is 65.0 Å². The molecule has 0 aliphatic heterocycles. The van der Waals surface area contributed by atoms with Gasteiger partial charge in [0.25, 0.3) is 0 Å². The van der Waals surface area contributed by atoms with Crippen LogP contribution in [0.1, 0.15) is 29.0 Å². The zero-order valence-corrected chi connectivity index (χ0v) is 16.5. The molecule has 0 unspecified atom stereocenters. The number of hydrogen-bond donors (Lipinski definition) is 0. The van der Waals surface area contributed by atoms with Crippen molar-refractivity contribution in [1.82, 2.24) is 15.0 Å². The summed E-state index contributed by atoms with van der Waals surface area (Å²) < 4.78 is 10.8. The second-order valence-electron chi connectivity index (χ2n) is 6.98. The monoisotopic (exact) mass is 365 g/mol. The van der Waals surface area contributed by atoms with Crippen LogP contribution < -0.4 is 4.74 Å². The highest BCUT2D eigenvalue weighted by Crippen LogP contribution is 2.24. The summed E-state index contributed by atoms with van der Waals surface area (Å²) in [4.78, 5) is 6.81. The zero-order valence-electron chi connectivity index (χ0n) is 16.5. The highest BCUT2D eigenvalue weighted by molar-refractivity contribution is 5.53. The second-order valence-corrected chi connectivity index (χ2v) is 6.98. The Kier molecular flexibility index (Phi) is 6.24. The molecule has 0 aliphatic carbocycles. The SMILES string of the molecule is COc1c(C)cc(CN(C)CCCc2nc(-c3ccccc3)no2)cc1C. The molecule has 5 heteroatoms. The number of aromatic nitrogens is 2. The van der Waals surface area contributed by atoms with E-state index < -0.39 is 0 Å². The van der Waals surface area contributed by atoms with Gasteiger partial charge in [0.2, 0.25) is 11.7 Å².